The topological polar surface area (TPSA) is 81.4 Å². The second-order valence-electron chi connectivity index (χ2n) is 5.90. The van der Waals surface area contributed by atoms with Crippen LogP contribution >= 0.6 is 11.6 Å². The highest BCUT2D eigenvalue weighted by atomic mass is 35.5. The summed E-state index contributed by atoms with van der Waals surface area (Å²) in [6, 6.07) is 4.89. The Morgan fingerprint density at radius 3 is 2.96 bits per heavy atom. The molecule has 26 heavy (non-hydrogen) atoms. The van der Waals surface area contributed by atoms with E-state index in [1.807, 2.05) is 18.2 Å². The van der Waals surface area contributed by atoms with Crippen LogP contribution in [0.3, 0.4) is 0 Å². The molecular formula is C18H19ClFN5O. The number of fused-ring (bicyclic) bond motifs is 1. The molecule has 0 saturated carbocycles. The second kappa shape index (κ2) is 7.77. The van der Waals surface area contributed by atoms with Gasteiger partial charge in [0, 0.05) is 6.04 Å². The van der Waals surface area contributed by atoms with Gasteiger partial charge in [-0.25, -0.2) is 8.91 Å². The Labute approximate surface area is 155 Å². The van der Waals surface area contributed by atoms with Crippen LogP contribution in [0.2, 0.25) is 5.28 Å². The third-order valence-electron chi connectivity index (χ3n) is 3.98. The monoisotopic (exact) mass is 375 g/mol. The number of nitrogens with one attached hydrogen (secondary N) is 1. The van der Waals surface area contributed by atoms with Crippen LogP contribution < -0.4 is 11.1 Å². The van der Waals surface area contributed by atoms with Crippen molar-refractivity contribution in [3.63, 3.8) is 0 Å². The van der Waals surface area contributed by atoms with Gasteiger partial charge in [-0.1, -0.05) is 5.92 Å². The predicted molar refractivity (Wildman–Crippen MR) is 98.8 cm³/mol. The van der Waals surface area contributed by atoms with E-state index < -0.39 is 12.2 Å². The minimum absolute atomic E-state index is 0.0731. The molecule has 6 nitrogen and oxygen atoms in total. The molecule has 3 rings (SSSR count). The molecule has 0 spiro atoms. The number of hydrogen-bond acceptors (Lipinski definition) is 5. The molecule has 3 aromatic rings. The van der Waals surface area contributed by atoms with E-state index in [2.05, 4.69) is 27.2 Å². The summed E-state index contributed by atoms with van der Waals surface area (Å²) in [5.41, 5.74) is 8.02. The standard InChI is InChI=1S/C18H19ClFN5O/c1-3-5-15-12(8-14(21)11(2)20)9-16-17(23-18(19)24-25(15)16)22-10-13-6-4-7-26-13/h4,6-7,9,11,14H,8,10,21H2,1-2H3,(H,22,23,24)/t11-,14+/m0/s1. The summed E-state index contributed by atoms with van der Waals surface area (Å²) >= 11 is 6.08. The first-order valence-corrected chi connectivity index (χ1v) is 8.54. The Morgan fingerprint density at radius 1 is 1.50 bits per heavy atom. The largest absolute Gasteiger partial charge is 0.467 e. The minimum Gasteiger partial charge on any atom is -0.467 e. The Balaban J connectivity index is 2.04. The summed E-state index contributed by atoms with van der Waals surface area (Å²) in [7, 11) is 0. The summed E-state index contributed by atoms with van der Waals surface area (Å²) in [6.07, 6.45) is 0.801. The molecule has 0 aliphatic heterocycles. The lowest BCUT2D eigenvalue weighted by molar-refractivity contribution is 0.304. The molecule has 0 unspecified atom stereocenters. The van der Waals surface area contributed by atoms with Crippen molar-refractivity contribution in [2.45, 2.75) is 39.0 Å². The molecule has 3 aromatic heterocycles. The Morgan fingerprint density at radius 2 is 2.31 bits per heavy atom. The predicted octanol–water partition coefficient (Wildman–Crippen LogP) is 3.19. The Hall–Kier alpha value is -2.56. The van der Waals surface area contributed by atoms with Gasteiger partial charge in [0.1, 0.15) is 23.1 Å². The lowest BCUT2D eigenvalue weighted by atomic mass is 10.0. The SMILES string of the molecule is CC#Cc1c(C[C@@H](N)[C@H](C)F)cc2c(NCc3ccco3)nc(Cl)nn12. The van der Waals surface area contributed by atoms with Crippen molar-refractivity contribution < 1.29 is 8.81 Å². The van der Waals surface area contributed by atoms with Crippen LogP contribution in [0.1, 0.15) is 30.9 Å². The molecular weight excluding hydrogens is 357 g/mol. The van der Waals surface area contributed by atoms with Crippen molar-refractivity contribution in [3.8, 4) is 11.8 Å². The van der Waals surface area contributed by atoms with Gasteiger partial charge in [0.2, 0.25) is 5.28 Å². The van der Waals surface area contributed by atoms with Crippen LogP contribution in [0.25, 0.3) is 5.52 Å². The van der Waals surface area contributed by atoms with Crippen molar-refractivity contribution in [2.24, 2.45) is 5.73 Å². The number of rotatable bonds is 6. The number of nitrogens with zero attached hydrogens (tertiary/aromatic N) is 3. The van der Waals surface area contributed by atoms with E-state index in [1.54, 1.807) is 17.7 Å². The highest BCUT2D eigenvalue weighted by molar-refractivity contribution is 6.28. The van der Waals surface area contributed by atoms with E-state index >= 15 is 0 Å². The van der Waals surface area contributed by atoms with Gasteiger partial charge in [0.05, 0.1) is 12.8 Å². The van der Waals surface area contributed by atoms with Crippen LogP contribution in [-0.4, -0.2) is 26.8 Å². The summed E-state index contributed by atoms with van der Waals surface area (Å²) in [5, 5.41) is 7.50. The molecule has 0 amide bonds. The van der Waals surface area contributed by atoms with Crippen LogP contribution in [-0.2, 0) is 13.0 Å². The third kappa shape index (κ3) is 3.82. The maximum absolute atomic E-state index is 13.5. The van der Waals surface area contributed by atoms with E-state index in [0.29, 0.717) is 30.0 Å². The molecule has 8 heteroatoms. The molecule has 3 heterocycles. The Bertz CT molecular complexity index is 956. The van der Waals surface area contributed by atoms with E-state index in [0.717, 1.165) is 11.3 Å². The van der Waals surface area contributed by atoms with Gasteiger partial charge in [-0.2, -0.15) is 4.98 Å². The van der Waals surface area contributed by atoms with Gasteiger partial charge in [-0.3, -0.25) is 0 Å². The molecule has 136 valence electrons. The molecule has 0 fully saturated rings. The van der Waals surface area contributed by atoms with Crippen LogP contribution in [0.5, 0.6) is 0 Å². The van der Waals surface area contributed by atoms with Crippen molar-refractivity contribution >= 4 is 22.9 Å². The quantitative estimate of drug-likeness (QED) is 0.647. The second-order valence-corrected chi connectivity index (χ2v) is 6.24. The summed E-state index contributed by atoms with van der Waals surface area (Å²) in [5.74, 6) is 7.15. The van der Waals surface area contributed by atoms with Crippen LogP contribution in [0, 0.1) is 11.8 Å². The van der Waals surface area contributed by atoms with Gasteiger partial charge >= 0.3 is 0 Å². The van der Waals surface area contributed by atoms with Crippen LogP contribution in [0.4, 0.5) is 10.2 Å². The third-order valence-corrected chi connectivity index (χ3v) is 4.14. The van der Waals surface area contributed by atoms with E-state index in [-0.39, 0.29) is 5.28 Å². The lowest BCUT2D eigenvalue weighted by Gasteiger charge is -2.11. The molecule has 0 bridgehead atoms. The van der Waals surface area contributed by atoms with Crippen molar-refractivity contribution in [3.05, 3.63) is 46.8 Å². The normalized spacial score (nSPS) is 13.3. The van der Waals surface area contributed by atoms with Crippen molar-refractivity contribution in [1.29, 1.82) is 0 Å². The maximum atomic E-state index is 13.5. The number of aromatic nitrogens is 3. The van der Waals surface area contributed by atoms with Crippen LogP contribution in [0.15, 0.2) is 28.9 Å². The number of alkyl halides is 1. The van der Waals surface area contributed by atoms with Gasteiger partial charge in [0.25, 0.3) is 0 Å². The lowest BCUT2D eigenvalue weighted by Crippen LogP contribution is -2.31. The fourth-order valence-corrected chi connectivity index (χ4v) is 2.78. The highest BCUT2D eigenvalue weighted by Gasteiger charge is 2.19. The zero-order valence-electron chi connectivity index (χ0n) is 14.5. The maximum Gasteiger partial charge on any atom is 0.243 e. The first-order valence-electron chi connectivity index (χ1n) is 8.16. The number of anilines is 1. The summed E-state index contributed by atoms with van der Waals surface area (Å²) in [6.45, 7) is 3.60. The summed E-state index contributed by atoms with van der Waals surface area (Å²) < 4.78 is 20.5. The number of nitrogens with two attached hydrogens (primary N) is 1. The van der Waals surface area contributed by atoms with Crippen molar-refractivity contribution in [1.82, 2.24) is 14.6 Å². The molecule has 0 aromatic carbocycles. The zero-order valence-corrected chi connectivity index (χ0v) is 15.2. The van der Waals surface area contributed by atoms with E-state index in [1.165, 1.54) is 6.92 Å². The van der Waals surface area contributed by atoms with Gasteiger partial charge in [0.15, 0.2) is 5.82 Å². The van der Waals surface area contributed by atoms with Gasteiger partial charge in [-0.15, -0.1) is 5.10 Å². The van der Waals surface area contributed by atoms with E-state index in [4.69, 9.17) is 21.8 Å². The molecule has 0 aliphatic carbocycles. The van der Waals surface area contributed by atoms with Gasteiger partial charge in [-0.05, 0) is 61.6 Å². The number of hydrogen-bond donors (Lipinski definition) is 2. The highest BCUT2D eigenvalue weighted by Crippen LogP contribution is 2.24. The number of halogens is 2. The minimum atomic E-state index is -1.13. The average Bonchev–Trinajstić information content (AvgIpc) is 3.22. The first kappa shape index (κ1) is 18.2. The molecule has 0 radical (unpaired) electrons. The molecule has 3 N–H and O–H groups in total. The first-order chi connectivity index (χ1) is 12.5. The summed E-state index contributed by atoms with van der Waals surface area (Å²) in [4.78, 5) is 4.26. The molecule has 0 saturated heterocycles. The smallest absolute Gasteiger partial charge is 0.243 e. The van der Waals surface area contributed by atoms with Gasteiger partial charge < -0.3 is 15.5 Å². The van der Waals surface area contributed by atoms with Crippen molar-refractivity contribution in [2.75, 3.05) is 5.32 Å². The molecule has 0 aliphatic rings. The Kier molecular flexibility index (Phi) is 5.45. The zero-order chi connectivity index (χ0) is 18.7. The average molecular weight is 376 g/mol. The molecule has 2 atom stereocenters. The number of furan rings is 1. The fraction of sp³-hybridized carbons (Fsp3) is 0.333. The van der Waals surface area contributed by atoms with E-state index in [9.17, 15) is 4.39 Å². The fourth-order valence-electron chi connectivity index (χ4n) is 2.62.